The smallest absolute Gasteiger partial charge is 0.341 e. The Labute approximate surface area is 125 Å². The number of aryl methyl sites for hydroxylation is 1. The molecule has 0 bridgehead atoms. The minimum atomic E-state index is -0.606. The second kappa shape index (κ2) is 9.08. The van der Waals surface area contributed by atoms with Crippen LogP contribution in [0, 0.1) is 6.92 Å². The van der Waals surface area contributed by atoms with E-state index in [1.165, 1.54) is 6.92 Å². The summed E-state index contributed by atoms with van der Waals surface area (Å²) in [6.45, 7) is 6.42. The number of benzene rings is 1. The molecule has 1 aromatic carbocycles. The molecule has 4 nitrogen and oxygen atoms in total. The quantitative estimate of drug-likeness (QED) is 0.243. The molecule has 0 fully saturated rings. The van der Waals surface area contributed by atoms with Crippen LogP contribution in [0.5, 0.6) is 0 Å². The third-order valence-electron chi connectivity index (χ3n) is 2.90. The number of rotatable bonds is 8. The van der Waals surface area contributed by atoms with E-state index in [-0.39, 0.29) is 18.0 Å². The fraction of sp³-hybridized carbons (Fsp3) is 0.412. The first-order valence-corrected chi connectivity index (χ1v) is 7.09. The van der Waals surface area contributed by atoms with E-state index in [2.05, 4.69) is 0 Å². The molecule has 0 saturated heterocycles. The summed E-state index contributed by atoms with van der Waals surface area (Å²) in [6, 6.07) is 7.55. The van der Waals surface area contributed by atoms with Crippen molar-refractivity contribution in [3.63, 3.8) is 0 Å². The molecule has 0 radical (unpaired) electrons. The minimum Gasteiger partial charge on any atom is -0.460 e. The van der Waals surface area contributed by atoms with Crippen LogP contribution in [0.1, 0.15) is 31.4 Å². The van der Waals surface area contributed by atoms with Crippen molar-refractivity contribution in [3.05, 3.63) is 41.0 Å². The molecular formula is C17H22O4. The average molecular weight is 290 g/mol. The number of ether oxygens (including phenoxy) is 2. The molecule has 21 heavy (non-hydrogen) atoms. The highest BCUT2D eigenvalue weighted by atomic mass is 16.6. The molecule has 0 heterocycles. The molecule has 0 N–H and O–H groups in total. The van der Waals surface area contributed by atoms with Crippen LogP contribution in [0.25, 0.3) is 6.08 Å². The van der Waals surface area contributed by atoms with E-state index in [0.717, 1.165) is 17.5 Å². The Kier molecular flexibility index (Phi) is 7.40. The van der Waals surface area contributed by atoms with E-state index in [0.29, 0.717) is 13.2 Å². The van der Waals surface area contributed by atoms with Gasteiger partial charge in [0.1, 0.15) is 12.2 Å². The number of hydrogen-bond acceptors (Lipinski definition) is 4. The van der Waals surface area contributed by atoms with Crippen LogP contribution in [-0.4, -0.2) is 31.6 Å². The Hall–Kier alpha value is -1.94. The molecule has 0 unspecified atom stereocenters. The first kappa shape index (κ1) is 17.1. The van der Waals surface area contributed by atoms with Crippen LogP contribution in [0.3, 0.4) is 0 Å². The van der Waals surface area contributed by atoms with Crippen molar-refractivity contribution < 1.29 is 19.1 Å². The van der Waals surface area contributed by atoms with Crippen molar-refractivity contribution in [2.45, 2.75) is 27.2 Å². The van der Waals surface area contributed by atoms with Gasteiger partial charge >= 0.3 is 5.97 Å². The highest BCUT2D eigenvalue weighted by Gasteiger charge is 2.16. The summed E-state index contributed by atoms with van der Waals surface area (Å²) in [5.74, 6) is -0.913. The zero-order valence-corrected chi connectivity index (χ0v) is 12.8. The molecule has 0 aromatic heterocycles. The van der Waals surface area contributed by atoms with Gasteiger partial charge in [-0.1, -0.05) is 31.2 Å². The van der Waals surface area contributed by atoms with E-state index in [1.54, 1.807) is 6.08 Å². The molecule has 0 spiro atoms. The summed E-state index contributed by atoms with van der Waals surface area (Å²) in [4.78, 5) is 23.6. The zero-order valence-electron chi connectivity index (χ0n) is 12.8. The lowest BCUT2D eigenvalue weighted by molar-refractivity contribution is -0.141. The van der Waals surface area contributed by atoms with E-state index in [9.17, 15) is 9.59 Å². The van der Waals surface area contributed by atoms with Gasteiger partial charge in [-0.25, -0.2) is 4.79 Å². The molecule has 1 aromatic rings. The Morgan fingerprint density at radius 3 is 2.48 bits per heavy atom. The maximum Gasteiger partial charge on any atom is 0.341 e. The van der Waals surface area contributed by atoms with Crippen LogP contribution >= 0.6 is 0 Å². The fourth-order valence-corrected chi connectivity index (χ4v) is 1.73. The van der Waals surface area contributed by atoms with Crippen LogP contribution in [-0.2, 0) is 19.1 Å². The fourth-order valence-electron chi connectivity index (χ4n) is 1.73. The lowest BCUT2D eigenvalue weighted by Crippen LogP contribution is -2.16. The third kappa shape index (κ3) is 5.92. The van der Waals surface area contributed by atoms with Gasteiger partial charge in [0.2, 0.25) is 0 Å². The van der Waals surface area contributed by atoms with E-state index in [4.69, 9.17) is 9.47 Å². The number of Topliss-reactive ketones (excluding diaryl/α,β-unsaturated/α-hetero) is 1. The first-order valence-electron chi connectivity index (χ1n) is 7.09. The summed E-state index contributed by atoms with van der Waals surface area (Å²) >= 11 is 0. The van der Waals surface area contributed by atoms with Crippen molar-refractivity contribution >= 4 is 17.8 Å². The zero-order chi connectivity index (χ0) is 15.7. The second-order valence-electron chi connectivity index (χ2n) is 4.72. The van der Waals surface area contributed by atoms with Crippen LogP contribution in [0.2, 0.25) is 0 Å². The molecule has 0 aliphatic heterocycles. The van der Waals surface area contributed by atoms with E-state index in [1.807, 2.05) is 38.1 Å². The van der Waals surface area contributed by atoms with Gasteiger partial charge in [-0.05, 0) is 37.5 Å². The normalized spacial score (nSPS) is 11.3. The summed E-state index contributed by atoms with van der Waals surface area (Å²) in [5, 5.41) is 0. The Bertz CT molecular complexity index is 517. The van der Waals surface area contributed by atoms with Crippen molar-refractivity contribution in [2.75, 3.05) is 19.8 Å². The molecule has 0 atom stereocenters. The lowest BCUT2D eigenvalue weighted by Gasteiger charge is -2.07. The van der Waals surface area contributed by atoms with Gasteiger partial charge in [0.05, 0.1) is 6.61 Å². The number of carbonyl (C=O) groups excluding carboxylic acids is 2. The molecule has 0 aliphatic carbocycles. The maximum atomic E-state index is 12.0. The van der Waals surface area contributed by atoms with E-state index < -0.39 is 5.97 Å². The topological polar surface area (TPSA) is 52.6 Å². The van der Waals surface area contributed by atoms with Gasteiger partial charge in [-0.3, -0.25) is 4.79 Å². The Balaban J connectivity index is 2.71. The monoisotopic (exact) mass is 290 g/mol. The highest BCUT2D eigenvalue weighted by molar-refractivity contribution is 6.19. The minimum absolute atomic E-state index is 0.0554. The van der Waals surface area contributed by atoms with Crippen molar-refractivity contribution in [1.82, 2.24) is 0 Å². The molecule has 0 amide bonds. The Morgan fingerprint density at radius 1 is 1.14 bits per heavy atom. The maximum absolute atomic E-state index is 12.0. The average Bonchev–Trinajstić information content (AvgIpc) is 2.45. The largest absolute Gasteiger partial charge is 0.460 e. The predicted octanol–water partition coefficient (Wildman–Crippen LogP) is 2.94. The lowest BCUT2D eigenvalue weighted by atomic mass is 10.0. The summed E-state index contributed by atoms with van der Waals surface area (Å²) in [6.07, 6.45) is 2.49. The van der Waals surface area contributed by atoms with Gasteiger partial charge in [-0.2, -0.15) is 0 Å². The van der Waals surface area contributed by atoms with Crippen LogP contribution in [0.4, 0.5) is 0 Å². The summed E-state index contributed by atoms with van der Waals surface area (Å²) in [7, 11) is 0. The molecular weight excluding hydrogens is 268 g/mol. The molecule has 0 saturated carbocycles. The molecule has 1 rings (SSSR count). The summed E-state index contributed by atoms with van der Waals surface area (Å²) in [5.41, 5.74) is 1.89. The van der Waals surface area contributed by atoms with Gasteiger partial charge < -0.3 is 9.47 Å². The van der Waals surface area contributed by atoms with Gasteiger partial charge in [0.25, 0.3) is 0 Å². The van der Waals surface area contributed by atoms with Crippen molar-refractivity contribution in [3.8, 4) is 0 Å². The second-order valence-corrected chi connectivity index (χ2v) is 4.72. The third-order valence-corrected chi connectivity index (χ3v) is 2.90. The predicted molar refractivity (Wildman–Crippen MR) is 81.9 cm³/mol. The van der Waals surface area contributed by atoms with Crippen molar-refractivity contribution in [1.29, 1.82) is 0 Å². The molecule has 0 aliphatic rings. The van der Waals surface area contributed by atoms with Crippen molar-refractivity contribution in [2.24, 2.45) is 0 Å². The number of hydrogen-bond donors (Lipinski definition) is 0. The number of carbonyl (C=O) groups is 2. The standard InChI is InChI=1S/C17H22O4/c1-4-9-20-10-11-21-17(19)16(14(3)18)12-15-8-6-5-7-13(15)2/h5-8,12H,4,9-11H2,1-3H3. The Morgan fingerprint density at radius 2 is 1.86 bits per heavy atom. The molecule has 114 valence electrons. The number of esters is 1. The van der Waals surface area contributed by atoms with Gasteiger partial charge in [0.15, 0.2) is 5.78 Å². The van der Waals surface area contributed by atoms with E-state index >= 15 is 0 Å². The highest BCUT2D eigenvalue weighted by Crippen LogP contribution is 2.13. The summed E-state index contributed by atoms with van der Waals surface area (Å²) < 4.78 is 10.3. The van der Waals surface area contributed by atoms with Gasteiger partial charge in [-0.15, -0.1) is 0 Å². The van der Waals surface area contributed by atoms with Crippen LogP contribution < -0.4 is 0 Å². The number of ketones is 1. The van der Waals surface area contributed by atoms with Gasteiger partial charge in [0, 0.05) is 6.61 Å². The first-order chi connectivity index (χ1) is 10.1. The SMILES string of the molecule is CCCOCCOC(=O)C(=Cc1ccccc1C)C(C)=O. The molecule has 4 heteroatoms. The van der Waals surface area contributed by atoms with Crippen LogP contribution in [0.15, 0.2) is 29.8 Å².